The Morgan fingerprint density at radius 2 is 1.05 bits per heavy atom. The Morgan fingerprint density at radius 1 is 0.579 bits per heavy atom. The van der Waals surface area contributed by atoms with Gasteiger partial charge < -0.3 is 14.2 Å². The molecule has 2 aliphatic carbocycles. The second-order valence-electron chi connectivity index (χ2n) is 7.00. The van der Waals surface area contributed by atoms with Crippen LogP contribution in [-0.4, -0.2) is 37.6 Å². The van der Waals surface area contributed by atoms with E-state index in [0.29, 0.717) is 24.4 Å². The molecule has 0 spiro atoms. The molecule has 4 saturated heterocycles. The summed E-state index contributed by atoms with van der Waals surface area (Å²) >= 11 is 0. The van der Waals surface area contributed by atoms with Gasteiger partial charge in [0.25, 0.3) is 0 Å². The van der Waals surface area contributed by atoms with Gasteiger partial charge in [-0.15, -0.1) is 0 Å². The molecule has 19 heavy (non-hydrogen) atoms. The molecule has 6 fully saturated rings. The molecule has 3 heteroatoms. The number of hydrogen-bond donors (Lipinski definition) is 0. The summed E-state index contributed by atoms with van der Waals surface area (Å²) in [5.41, 5.74) is 0. The molecule has 0 radical (unpaired) electrons. The van der Waals surface area contributed by atoms with E-state index in [-0.39, 0.29) is 0 Å². The van der Waals surface area contributed by atoms with Crippen molar-refractivity contribution in [1.29, 1.82) is 0 Å². The molecule has 0 amide bonds. The average Bonchev–Trinajstić information content (AvgIpc) is 2.92. The summed E-state index contributed by atoms with van der Waals surface area (Å²) in [6.07, 6.45) is 11.5. The third kappa shape index (κ3) is 2.57. The third-order valence-corrected chi connectivity index (χ3v) is 5.71. The van der Waals surface area contributed by atoms with Gasteiger partial charge in [0.2, 0.25) is 0 Å². The van der Waals surface area contributed by atoms with Crippen LogP contribution in [0.15, 0.2) is 0 Å². The molecule has 4 aliphatic heterocycles. The van der Waals surface area contributed by atoms with E-state index in [0.717, 1.165) is 25.0 Å². The minimum atomic E-state index is 0.332. The van der Waals surface area contributed by atoms with Crippen molar-refractivity contribution in [3.8, 4) is 0 Å². The largest absolute Gasteiger partial charge is 0.375 e. The predicted molar refractivity (Wildman–Crippen MR) is 72.1 cm³/mol. The second-order valence-corrected chi connectivity index (χ2v) is 7.00. The summed E-state index contributed by atoms with van der Waals surface area (Å²) in [6.45, 7) is 1.94. The van der Waals surface area contributed by atoms with Crippen molar-refractivity contribution in [2.24, 2.45) is 11.8 Å². The van der Waals surface area contributed by atoms with Gasteiger partial charge in [-0.3, -0.25) is 0 Å². The summed E-state index contributed by atoms with van der Waals surface area (Å²) in [6, 6.07) is 0. The molecule has 3 nitrogen and oxygen atoms in total. The molecule has 4 heterocycles. The van der Waals surface area contributed by atoms with Gasteiger partial charge in [-0.1, -0.05) is 0 Å². The number of rotatable bonds is 2. The molecule has 0 aromatic heterocycles. The van der Waals surface area contributed by atoms with Gasteiger partial charge in [0, 0.05) is 13.2 Å². The Kier molecular flexibility index (Phi) is 3.55. The number of ether oxygens (including phenoxy) is 3. The van der Waals surface area contributed by atoms with Crippen LogP contribution in [0, 0.1) is 11.8 Å². The van der Waals surface area contributed by atoms with E-state index in [4.69, 9.17) is 14.2 Å². The van der Waals surface area contributed by atoms with E-state index in [2.05, 4.69) is 0 Å². The molecule has 0 aromatic carbocycles. The molecule has 0 N–H and O–H groups in total. The van der Waals surface area contributed by atoms with Crippen LogP contribution >= 0.6 is 0 Å². The molecule has 6 rings (SSSR count). The zero-order chi connectivity index (χ0) is 12.7. The topological polar surface area (TPSA) is 27.7 Å². The molecule has 6 aliphatic rings. The van der Waals surface area contributed by atoms with Crippen molar-refractivity contribution in [1.82, 2.24) is 0 Å². The highest BCUT2D eigenvalue weighted by Gasteiger charge is 2.39. The van der Waals surface area contributed by atoms with Crippen LogP contribution in [0.2, 0.25) is 0 Å². The van der Waals surface area contributed by atoms with Gasteiger partial charge in [-0.2, -0.15) is 0 Å². The molecular formula is C16H26O3. The fourth-order valence-electron chi connectivity index (χ4n) is 4.40. The Labute approximate surface area is 116 Å². The van der Waals surface area contributed by atoms with Crippen molar-refractivity contribution in [2.75, 3.05) is 13.2 Å². The molecule has 2 saturated carbocycles. The minimum absolute atomic E-state index is 0.332. The van der Waals surface area contributed by atoms with Crippen molar-refractivity contribution in [2.45, 2.75) is 75.8 Å². The predicted octanol–water partition coefficient (Wildman–Crippen LogP) is 2.92. The van der Waals surface area contributed by atoms with E-state index in [9.17, 15) is 0 Å². The van der Waals surface area contributed by atoms with Crippen LogP contribution in [0.4, 0.5) is 0 Å². The number of hydrogen-bond acceptors (Lipinski definition) is 3. The van der Waals surface area contributed by atoms with Gasteiger partial charge in [-0.05, 0) is 63.2 Å². The zero-order valence-corrected chi connectivity index (χ0v) is 11.8. The highest BCUT2D eigenvalue weighted by atomic mass is 16.6. The first-order valence-corrected chi connectivity index (χ1v) is 8.27. The summed E-state index contributed by atoms with van der Waals surface area (Å²) in [4.78, 5) is 0. The lowest BCUT2D eigenvalue weighted by molar-refractivity contribution is -0.149. The Morgan fingerprint density at radius 3 is 1.47 bits per heavy atom. The van der Waals surface area contributed by atoms with Gasteiger partial charge in [0.1, 0.15) is 0 Å². The van der Waals surface area contributed by atoms with Crippen LogP contribution in [0.3, 0.4) is 0 Å². The summed E-state index contributed by atoms with van der Waals surface area (Å²) in [7, 11) is 0. The second kappa shape index (κ2) is 5.34. The Bertz CT molecular complexity index is 273. The standard InChI is InChI=1S/C16H26O3/c1-5-13-15(7-3-11(1)9-17-13)19-16-8-4-12-2-6-14(16)18-10-12/h11-16H,1-10H2. The molecule has 6 unspecified atom stereocenters. The van der Waals surface area contributed by atoms with E-state index in [1.807, 2.05) is 0 Å². The lowest BCUT2D eigenvalue weighted by Crippen LogP contribution is -2.40. The lowest BCUT2D eigenvalue weighted by atomic mass is 10.00. The van der Waals surface area contributed by atoms with Gasteiger partial charge in [0.05, 0.1) is 24.4 Å². The zero-order valence-electron chi connectivity index (χ0n) is 11.8. The van der Waals surface area contributed by atoms with Gasteiger partial charge in [-0.25, -0.2) is 0 Å². The van der Waals surface area contributed by atoms with E-state index in [1.54, 1.807) is 0 Å². The van der Waals surface area contributed by atoms with Crippen LogP contribution in [0.25, 0.3) is 0 Å². The first kappa shape index (κ1) is 12.6. The normalized spacial score (nSPS) is 49.9. The van der Waals surface area contributed by atoms with Crippen molar-refractivity contribution in [3.63, 3.8) is 0 Å². The van der Waals surface area contributed by atoms with Gasteiger partial charge in [0.15, 0.2) is 0 Å². The van der Waals surface area contributed by atoms with E-state index >= 15 is 0 Å². The van der Waals surface area contributed by atoms with Crippen molar-refractivity contribution in [3.05, 3.63) is 0 Å². The van der Waals surface area contributed by atoms with E-state index in [1.165, 1.54) is 51.4 Å². The molecule has 4 bridgehead atoms. The van der Waals surface area contributed by atoms with Crippen molar-refractivity contribution < 1.29 is 14.2 Å². The summed E-state index contributed by atoms with van der Waals surface area (Å²) in [5, 5.41) is 0. The molecule has 108 valence electrons. The summed E-state index contributed by atoms with van der Waals surface area (Å²) < 4.78 is 18.5. The highest BCUT2D eigenvalue weighted by Crippen LogP contribution is 2.37. The van der Waals surface area contributed by atoms with Crippen LogP contribution in [0.1, 0.15) is 51.4 Å². The highest BCUT2D eigenvalue weighted by molar-refractivity contribution is 4.88. The van der Waals surface area contributed by atoms with Gasteiger partial charge >= 0.3 is 0 Å². The van der Waals surface area contributed by atoms with E-state index < -0.39 is 0 Å². The Hall–Kier alpha value is -0.120. The first-order chi connectivity index (χ1) is 9.38. The maximum Gasteiger partial charge on any atom is 0.0841 e. The maximum atomic E-state index is 6.50. The molecule has 0 aromatic rings. The fourth-order valence-corrected chi connectivity index (χ4v) is 4.40. The monoisotopic (exact) mass is 266 g/mol. The molecular weight excluding hydrogens is 240 g/mol. The fraction of sp³-hybridized carbons (Fsp3) is 1.00. The van der Waals surface area contributed by atoms with Crippen LogP contribution in [0.5, 0.6) is 0 Å². The lowest BCUT2D eigenvalue weighted by Gasteiger charge is -2.33. The summed E-state index contributed by atoms with van der Waals surface area (Å²) in [5.74, 6) is 1.59. The van der Waals surface area contributed by atoms with Crippen molar-refractivity contribution >= 4 is 0 Å². The number of fused-ring (bicyclic) bond motifs is 8. The quantitative estimate of drug-likeness (QED) is 0.769. The first-order valence-electron chi connectivity index (χ1n) is 8.27. The molecule has 6 atom stereocenters. The smallest absolute Gasteiger partial charge is 0.0841 e. The Balaban J connectivity index is 1.42. The minimum Gasteiger partial charge on any atom is -0.375 e. The average molecular weight is 266 g/mol. The SMILES string of the molecule is C1CC2OCC1CCC2OC1CCC2CCC1OC2. The third-order valence-electron chi connectivity index (χ3n) is 5.71. The maximum absolute atomic E-state index is 6.50. The van der Waals surface area contributed by atoms with Crippen LogP contribution < -0.4 is 0 Å². The van der Waals surface area contributed by atoms with Crippen LogP contribution in [-0.2, 0) is 14.2 Å².